The van der Waals surface area contributed by atoms with E-state index in [9.17, 15) is 4.79 Å². The lowest BCUT2D eigenvalue weighted by Gasteiger charge is -1.95. The third-order valence-electron chi connectivity index (χ3n) is 1.07. The number of halogens is 2. The molecule has 1 radical (unpaired) electrons. The van der Waals surface area contributed by atoms with Crippen molar-refractivity contribution >= 4 is 29.1 Å². The van der Waals surface area contributed by atoms with Crippen molar-refractivity contribution in [2.45, 2.75) is 0 Å². The van der Waals surface area contributed by atoms with Gasteiger partial charge in [0, 0.05) is 16.7 Å². The van der Waals surface area contributed by atoms with E-state index in [1.165, 1.54) is 12.1 Å². The summed E-state index contributed by atoms with van der Waals surface area (Å²) in [6.07, 6.45) is 0. The number of carbonyl (C=O) groups excluding carboxylic acids is 1. The first-order valence-electron chi connectivity index (χ1n) is 2.78. The van der Waals surface area contributed by atoms with Crippen molar-refractivity contribution in [1.29, 1.82) is 0 Å². The van der Waals surface area contributed by atoms with Gasteiger partial charge in [0.25, 0.3) is 0 Å². The Morgan fingerprint density at radius 3 is 2.55 bits per heavy atom. The second kappa shape index (κ2) is 3.11. The molecule has 0 heterocycles. The fourth-order valence-corrected chi connectivity index (χ4v) is 1.13. The van der Waals surface area contributed by atoms with E-state index in [2.05, 4.69) is 6.07 Å². The van der Waals surface area contributed by atoms with Gasteiger partial charge in [-0.3, -0.25) is 4.79 Å². The van der Waals surface area contributed by atoms with Crippen LogP contribution >= 0.6 is 23.2 Å². The number of nitrogens with two attached hydrogens (primary N) is 1. The second-order valence-corrected chi connectivity index (χ2v) is 2.77. The van der Waals surface area contributed by atoms with E-state index in [1.807, 2.05) is 0 Å². The topological polar surface area (TPSA) is 43.1 Å². The minimum absolute atomic E-state index is 0.197. The molecule has 0 aliphatic carbocycles. The normalized spacial score (nSPS) is 9.64. The van der Waals surface area contributed by atoms with Gasteiger partial charge in [0.05, 0.1) is 5.02 Å². The minimum atomic E-state index is -0.589. The molecule has 1 amide bonds. The van der Waals surface area contributed by atoms with Gasteiger partial charge in [-0.2, -0.15) is 0 Å². The van der Waals surface area contributed by atoms with Crippen molar-refractivity contribution in [2.75, 3.05) is 0 Å². The Morgan fingerprint density at radius 1 is 1.45 bits per heavy atom. The van der Waals surface area contributed by atoms with E-state index < -0.39 is 5.91 Å². The summed E-state index contributed by atoms with van der Waals surface area (Å²) >= 11 is 11.1. The first-order chi connectivity index (χ1) is 5.09. The van der Waals surface area contributed by atoms with Crippen LogP contribution in [0.15, 0.2) is 12.1 Å². The highest BCUT2D eigenvalue weighted by Crippen LogP contribution is 2.17. The zero-order valence-corrected chi connectivity index (χ0v) is 6.91. The Balaban J connectivity index is 3.19. The van der Waals surface area contributed by atoms with E-state index >= 15 is 0 Å². The highest BCUT2D eigenvalue weighted by atomic mass is 35.5. The summed E-state index contributed by atoms with van der Waals surface area (Å²) in [6.45, 7) is 0. The van der Waals surface area contributed by atoms with Gasteiger partial charge in [0.15, 0.2) is 0 Å². The molecule has 0 aliphatic rings. The number of amides is 1. The first-order valence-corrected chi connectivity index (χ1v) is 3.53. The molecule has 0 atom stereocenters. The van der Waals surface area contributed by atoms with Crippen LogP contribution in [0.1, 0.15) is 10.4 Å². The Hall–Kier alpha value is -0.730. The maximum Gasteiger partial charge on any atom is 0.249 e. The maximum atomic E-state index is 10.6. The van der Waals surface area contributed by atoms with Crippen LogP contribution in [-0.4, -0.2) is 5.91 Å². The molecule has 0 spiro atoms. The van der Waals surface area contributed by atoms with Gasteiger partial charge >= 0.3 is 0 Å². The smallest absolute Gasteiger partial charge is 0.249 e. The van der Waals surface area contributed by atoms with Gasteiger partial charge in [-0.1, -0.05) is 23.2 Å². The first kappa shape index (κ1) is 8.37. The van der Waals surface area contributed by atoms with Gasteiger partial charge in [-0.25, -0.2) is 0 Å². The fraction of sp³-hybridized carbons (Fsp3) is 0. The lowest BCUT2D eigenvalue weighted by Crippen LogP contribution is -2.10. The van der Waals surface area contributed by atoms with Crippen LogP contribution in [0.5, 0.6) is 0 Å². The SMILES string of the molecule is NC(=O)c1[c]c(Cl)cc(Cl)c1. The minimum Gasteiger partial charge on any atom is -0.366 e. The van der Waals surface area contributed by atoms with Crippen molar-refractivity contribution in [3.63, 3.8) is 0 Å². The zero-order chi connectivity index (χ0) is 8.43. The molecule has 0 fully saturated rings. The summed E-state index contributed by atoms with van der Waals surface area (Å²) < 4.78 is 0. The molecule has 57 valence electrons. The van der Waals surface area contributed by atoms with Crippen LogP contribution in [0, 0.1) is 6.07 Å². The van der Waals surface area contributed by atoms with Gasteiger partial charge in [-0.05, 0) is 12.1 Å². The lowest BCUT2D eigenvalue weighted by molar-refractivity contribution is 0.1000. The van der Waals surface area contributed by atoms with Crippen molar-refractivity contribution in [2.24, 2.45) is 5.73 Å². The predicted octanol–water partition coefficient (Wildman–Crippen LogP) is 1.89. The van der Waals surface area contributed by atoms with Gasteiger partial charge < -0.3 is 5.73 Å². The molecule has 0 saturated heterocycles. The summed E-state index contributed by atoms with van der Waals surface area (Å²) in [5.74, 6) is -0.589. The average Bonchev–Trinajstić information content (AvgIpc) is 1.85. The third kappa shape index (κ3) is 2.10. The molecular weight excluding hydrogens is 185 g/mol. The zero-order valence-electron chi connectivity index (χ0n) is 5.40. The number of hydrogen-bond donors (Lipinski definition) is 1. The van der Waals surface area contributed by atoms with Gasteiger partial charge in [0.2, 0.25) is 5.91 Å². The second-order valence-electron chi connectivity index (χ2n) is 1.92. The summed E-state index contributed by atoms with van der Waals surface area (Å²) in [5, 5.41) is 0.661. The van der Waals surface area contributed by atoms with Gasteiger partial charge in [-0.15, -0.1) is 0 Å². The number of benzene rings is 1. The average molecular weight is 189 g/mol. The molecule has 0 aromatic heterocycles. The predicted molar refractivity (Wildman–Crippen MR) is 43.8 cm³/mol. The van der Waals surface area contributed by atoms with E-state index in [1.54, 1.807) is 0 Å². The maximum absolute atomic E-state index is 10.6. The van der Waals surface area contributed by atoms with Crippen molar-refractivity contribution in [1.82, 2.24) is 0 Å². The van der Waals surface area contributed by atoms with Crippen LogP contribution < -0.4 is 5.73 Å². The van der Waals surface area contributed by atoms with Crippen molar-refractivity contribution < 1.29 is 4.79 Å². The molecule has 0 aliphatic heterocycles. The molecule has 2 nitrogen and oxygen atoms in total. The van der Waals surface area contributed by atoms with Crippen molar-refractivity contribution in [3.8, 4) is 0 Å². The quantitative estimate of drug-likeness (QED) is 0.720. The Bertz CT molecular complexity index is 278. The molecule has 2 N–H and O–H groups in total. The van der Waals surface area contributed by atoms with Crippen molar-refractivity contribution in [3.05, 3.63) is 33.8 Å². The highest BCUT2D eigenvalue weighted by Gasteiger charge is 2.02. The van der Waals surface area contributed by atoms with Crippen LogP contribution in [0.3, 0.4) is 0 Å². The number of primary amides is 1. The molecule has 4 heteroatoms. The third-order valence-corrected chi connectivity index (χ3v) is 1.49. The van der Waals surface area contributed by atoms with E-state index in [-0.39, 0.29) is 10.6 Å². The number of hydrogen-bond acceptors (Lipinski definition) is 1. The Morgan fingerprint density at radius 2 is 2.09 bits per heavy atom. The molecule has 0 saturated carbocycles. The summed E-state index contributed by atoms with van der Waals surface area (Å²) in [7, 11) is 0. The molecule has 11 heavy (non-hydrogen) atoms. The fourth-order valence-electron chi connectivity index (χ4n) is 0.634. The number of carbonyl (C=O) groups is 1. The Kier molecular flexibility index (Phi) is 2.37. The monoisotopic (exact) mass is 188 g/mol. The van der Waals surface area contributed by atoms with Crippen LogP contribution in [0.25, 0.3) is 0 Å². The van der Waals surface area contributed by atoms with Gasteiger partial charge in [0.1, 0.15) is 0 Å². The number of rotatable bonds is 1. The summed E-state index contributed by atoms with van der Waals surface area (Å²) in [4.78, 5) is 10.6. The van der Waals surface area contributed by atoms with Crippen LogP contribution in [-0.2, 0) is 0 Å². The van der Waals surface area contributed by atoms with Crippen LogP contribution in [0.2, 0.25) is 10.0 Å². The molecule has 0 bridgehead atoms. The van der Waals surface area contributed by atoms with Crippen LogP contribution in [0.4, 0.5) is 0 Å². The molecule has 1 aromatic carbocycles. The summed E-state index contributed by atoms with van der Waals surface area (Å²) in [5.41, 5.74) is 5.16. The molecule has 1 aromatic rings. The summed E-state index contributed by atoms with van der Waals surface area (Å²) in [6, 6.07) is 5.45. The van der Waals surface area contributed by atoms with E-state index in [0.29, 0.717) is 5.02 Å². The standard InChI is InChI=1S/C7H4Cl2NO/c8-5-1-4(7(10)11)2-6(9)3-5/h1,3H,(H2,10,11). The highest BCUT2D eigenvalue weighted by molar-refractivity contribution is 6.35. The molecule has 0 unspecified atom stereocenters. The van der Waals surface area contributed by atoms with E-state index in [0.717, 1.165) is 0 Å². The Labute approximate surface area is 73.9 Å². The van der Waals surface area contributed by atoms with E-state index in [4.69, 9.17) is 28.9 Å². The molecule has 1 rings (SSSR count). The molecular formula is C7H4Cl2NO. The lowest BCUT2D eigenvalue weighted by atomic mass is 10.2. The largest absolute Gasteiger partial charge is 0.366 e.